The minimum absolute atomic E-state index is 0.0643. The van der Waals surface area contributed by atoms with Crippen LogP contribution in [0.15, 0.2) is 24.3 Å². The zero-order chi connectivity index (χ0) is 17.1. The summed E-state index contributed by atoms with van der Waals surface area (Å²) < 4.78 is 0. The Hall–Kier alpha value is -1.69. The van der Waals surface area contributed by atoms with Crippen molar-refractivity contribution in [3.05, 3.63) is 29.8 Å². The average molecular weight is 347 g/mol. The van der Waals surface area contributed by atoms with Crippen LogP contribution in [0.2, 0.25) is 0 Å². The van der Waals surface area contributed by atoms with Crippen LogP contribution in [-0.4, -0.2) is 60.4 Å². The minimum atomic E-state index is 0.0643. The Morgan fingerprint density at radius 2 is 1.96 bits per heavy atom. The van der Waals surface area contributed by atoms with E-state index in [1.54, 1.807) is 16.7 Å². The molecule has 2 fully saturated rings. The van der Waals surface area contributed by atoms with E-state index in [4.69, 9.17) is 0 Å². The monoisotopic (exact) mass is 347 g/mol. The van der Waals surface area contributed by atoms with Gasteiger partial charge in [0.2, 0.25) is 11.8 Å². The van der Waals surface area contributed by atoms with E-state index in [0.29, 0.717) is 24.1 Å². The summed E-state index contributed by atoms with van der Waals surface area (Å²) in [5.74, 6) is 1.92. The van der Waals surface area contributed by atoms with Gasteiger partial charge in [-0.3, -0.25) is 9.59 Å². The zero-order valence-corrected chi connectivity index (χ0v) is 15.2. The van der Waals surface area contributed by atoms with Crippen molar-refractivity contribution >= 4 is 29.3 Å². The first-order valence-electron chi connectivity index (χ1n) is 8.42. The lowest BCUT2D eigenvalue weighted by Crippen LogP contribution is -2.41. The Morgan fingerprint density at radius 1 is 1.25 bits per heavy atom. The van der Waals surface area contributed by atoms with E-state index in [0.717, 1.165) is 17.8 Å². The quantitative estimate of drug-likeness (QED) is 0.757. The normalized spacial score (nSPS) is 17.2. The lowest BCUT2D eigenvalue weighted by atomic mass is 10.1. The second-order valence-electron chi connectivity index (χ2n) is 6.85. The molecule has 1 aromatic rings. The lowest BCUT2D eigenvalue weighted by molar-refractivity contribution is -0.138. The van der Waals surface area contributed by atoms with Gasteiger partial charge in [0, 0.05) is 32.9 Å². The second kappa shape index (κ2) is 7.47. The van der Waals surface area contributed by atoms with Crippen LogP contribution in [0, 0.1) is 5.92 Å². The highest BCUT2D eigenvalue weighted by atomic mass is 32.2. The number of hydrogen-bond donors (Lipinski definition) is 0. The number of carbonyl (C=O) groups is 2. The Morgan fingerprint density at radius 3 is 2.50 bits per heavy atom. The Labute approximate surface area is 148 Å². The molecule has 2 aliphatic rings. The van der Waals surface area contributed by atoms with Crippen molar-refractivity contribution in [3.63, 3.8) is 0 Å². The molecule has 1 saturated heterocycles. The summed E-state index contributed by atoms with van der Waals surface area (Å²) in [7, 11) is 4.03. The van der Waals surface area contributed by atoms with Crippen LogP contribution >= 0.6 is 11.8 Å². The fourth-order valence-corrected chi connectivity index (χ4v) is 3.69. The lowest BCUT2D eigenvalue weighted by Gasteiger charge is -2.25. The summed E-state index contributed by atoms with van der Waals surface area (Å²) in [4.78, 5) is 30.1. The van der Waals surface area contributed by atoms with Crippen molar-refractivity contribution < 1.29 is 9.59 Å². The van der Waals surface area contributed by atoms with Crippen LogP contribution in [0.1, 0.15) is 18.4 Å². The summed E-state index contributed by atoms with van der Waals surface area (Å²) in [5.41, 5.74) is 2.29. The molecule has 1 aliphatic carbocycles. The number of benzene rings is 1. The van der Waals surface area contributed by atoms with Gasteiger partial charge in [0.25, 0.3) is 0 Å². The molecule has 0 bridgehead atoms. The number of anilines is 1. The first kappa shape index (κ1) is 17.1. The van der Waals surface area contributed by atoms with Gasteiger partial charge in [-0.1, -0.05) is 12.1 Å². The molecule has 2 amide bonds. The molecule has 0 atom stereocenters. The third-order valence-corrected chi connectivity index (χ3v) is 5.45. The van der Waals surface area contributed by atoms with Crippen LogP contribution < -0.4 is 4.90 Å². The maximum atomic E-state index is 12.7. The fraction of sp³-hybridized carbons (Fsp3) is 0.556. The standard InChI is InChI=1S/C18H25N3O2S/c1-19(2)16-7-5-15(6-8-16)10-20(9-14-3-4-14)17(22)11-21-13-24-12-18(21)23/h5-8,14H,3-4,9-13H2,1-2H3. The fourth-order valence-electron chi connectivity index (χ4n) is 2.79. The first-order valence-corrected chi connectivity index (χ1v) is 9.58. The molecule has 5 nitrogen and oxygen atoms in total. The van der Waals surface area contributed by atoms with Crippen LogP contribution in [0.4, 0.5) is 5.69 Å². The van der Waals surface area contributed by atoms with Gasteiger partial charge >= 0.3 is 0 Å². The predicted molar refractivity (Wildman–Crippen MR) is 97.9 cm³/mol. The van der Waals surface area contributed by atoms with Gasteiger partial charge in [0.15, 0.2) is 0 Å². The molecule has 1 aromatic carbocycles. The number of rotatable bonds is 7. The summed E-state index contributed by atoms with van der Waals surface area (Å²) in [6.07, 6.45) is 2.42. The molecule has 0 aromatic heterocycles. The predicted octanol–water partition coefficient (Wildman–Crippen LogP) is 2.02. The van der Waals surface area contributed by atoms with Gasteiger partial charge in [-0.2, -0.15) is 0 Å². The van der Waals surface area contributed by atoms with Crippen LogP contribution in [0.3, 0.4) is 0 Å². The maximum Gasteiger partial charge on any atom is 0.242 e. The molecule has 6 heteroatoms. The molecule has 0 radical (unpaired) electrons. The molecule has 0 N–H and O–H groups in total. The molecule has 130 valence electrons. The van der Waals surface area contributed by atoms with Crippen LogP contribution in [0.5, 0.6) is 0 Å². The molecular formula is C18H25N3O2S. The van der Waals surface area contributed by atoms with E-state index in [1.807, 2.05) is 19.0 Å². The third-order valence-electron chi connectivity index (χ3n) is 4.51. The second-order valence-corrected chi connectivity index (χ2v) is 7.80. The highest BCUT2D eigenvalue weighted by Crippen LogP contribution is 2.30. The summed E-state index contributed by atoms with van der Waals surface area (Å²) in [6.45, 7) is 1.65. The summed E-state index contributed by atoms with van der Waals surface area (Å²) in [6, 6.07) is 8.32. The highest BCUT2D eigenvalue weighted by Gasteiger charge is 2.29. The average Bonchev–Trinajstić information content (AvgIpc) is 3.29. The maximum absolute atomic E-state index is 12.7. The van der Waals surface area contributed by atoms with E-state index in [9.17, 15) is 9.59 Å². The van der Waals surface area contributed by atoms with Crippen molar-refractivity contribution in [1.29, 1.82) is 0 Å². The van der Waals surface area contributed by atoms with E-state index in [2.05, 4.69) is 29.2 Å². The van der Waals surface area contributed by atoms with Crippen molar-refractivity contribution in [2.24, 2.45) is 5.92 Å². The highest BCUT2D eigenvalue weighted by molar-refractivity contribution is 8.00. The Bertz CT molecular complexity index is 599. The molecule has 24 heavy (non-hydrogen) atoms. The number of amides is 2. The van der Waals surface area contributed by atoms with Gasteiger partial charge in [-0.25, -0.2) is 0 Å². The molecule has 1 aliphatic heterocycles. The number of hydrogen-bond acceptors (Lipinski definition) is 4. The van der Waals surface area contributed by atoms with Gasteiger partial charge in [0.05, 0.1) is 11.6 Å². The molecule has 0 spiro atoms. The number of carbonyl (C=O) groups excluding carboxylic acids is 2. The Balaban J connectivity index is 1.64. The van der Waals surface area contributed by atoms with E-state index >= 15 is 0 Å². The van der Waals surface area contributed by atoms with E-state index < -0.39 is 0 Å². The molecule has 1 saturated carbocycles. The summed E-state index contributed by atoms with van der Waals surface area (Å²) in [5, 5.41) is 0. The zero-order valence-electron chi connectivity index (χ0n) is 14.4. The molecule has 0 unspecified atom stereocenters. The van der Waals surface area contributed by atoms with E-state index in [1.165, 1.54) is 12.8 Å². The van der Waals surface area contributed by atoms with Gasteiger partial charge in [-0.15, -0.1) is 11.8 Å². The van der Waals surface area contributed by atoms with Crippen molar-refractivity contribution in [1.82, 2.24) is 9.80 Å². The molecule has 1 heterocycles. The molecule has 3 rings (SSSR count). The SMILES string of the molecule is CN(C)c1ccc(CN(CC2CC2)C(=O)CN2CSCC2=O)cc1. The van der Waals surface area contributed by atoms with Crippen LogP contribution in [-0.2, 0) is 16.1 Å². The molecular weight excluding hydrogens is 322 g/mol. The largest absolute Gasteiger partial charge is 0.378 e. The topological polar surface area (TPSA) is 43.9 Å². The van der Waals surface area contributed by atoms with Gasteiger partial charge < -0.3 is 14.7 Å². The van der Waals surface area contributed by atoms with E-state index in [-0.39, 0.29) is 18.4 Å². The van der Waals surface area contributed by atoms with Crippen molar-refractivity contribution in [2.45, 2.75) is 19.4 Å². The minimum Gasteiger partial charge on any atom is -0.378 e. The Kier molecular flexibility index (Phi) is 5.33. The summed E-state index contributed by atoms with van der Waals surface area (Å²) >= 11 is 1.58. The van der Waals surface area contributed by atoms with Crippen molar-refractivity contribution in [3.8, 4) is 0 Å². The smallest absolute Gasteiger partial charge is 0.242 e. The van der Waals surface area contributed by atoms with Crippen molar-refractivity contribution in [2.75, 3.05) is 43.7 Å². The van der Waals surface area contributed by atoms with Gasteiger partial charge in [0.1, 0.15) is 6.54 Å². The van der Waals surface area contributed by atoms with Crippen LogP contribution in [0.25, 0.3) is 0 Å². The number of thioether (sulfide) groups is 1. The van der Waals surface area contributed by atoms with Gasteiger partial charge in [-0.05, 0) is 36.5 Å². The number of nitrogens with zero attached hydrogens (tertiary/aromatic N) is 3. The first-order chi connectivity index (χ1) is 11.5. The third kappa shape index (κ3) is 4.44.